The normalized spacial score (nSPS) is 14.0. The zero-order chi connectivity index (χ0) is 17.2. The number of carbonyl (C=O) groups excluding carboxylic acids is 1. The molecule has 25 heavy (non-hydrogen) atoms. The Morgan fingerprint density at radius 3 is 2.76 bits per heavy atom. The molecule has 3 heterocycles. The molecule has 126 valence electrons. The van der Waals surface area contributed by atoms with Gasteiger partial charge in [-0.2, -0.15) is 0 Å². The molecule has 1 amide bonds. The molecule has 1 aliphatic rings. The highest BCUT2D eigenvalue weighted by atomic mass is 16.1. The number of fused-ring (bicyclic) bond motifs is 1. The smallest absolute Gasteiger partial charge is 0.274 e. The number of benzene rings is 1. The first-order chi connectivity index (χ1) is 12.2. The third-order valence-electron chi connectivity index (χ3n) is 4.34. The van der Waals surface area contributed by atoms with Crippen LogP contribution in [-0.4, -0.2) is 33.9 Å². The fourth-order valence-corrected chi connectivity index (χ4v) is 3.12. The highest BCUT2D eigenvalue weighted by Gasteiger charge is 2.18. The van der Waals surface area contributed by atoms with Crippen LogP contribution in [0.4, 0.5) is 11.6 Å². The average molecular weight is 333 g/mol. The molecule has 1 saturated heterocycles. The van der Waals surface area contributed by atoms with E-state index in [1.165, 1.54) is 0 Å². The number of rotatable bonds is 3. The third-order valence-corrected chi connectivity index (χ3v) is 4.34. The Morgan fingerprint density at radius 2 is 1.92 bits per heavy atom. The molecule has 6 nitrogen and oxygen atoms in total. The van der Waals surface area contributed by atoms with Crippen LogP contribution in [0.5, 0.6) is 0 Å². The van der Waals surface area contributed by atoms with Gasteiger partial charge in [-0.1, -0.05) is 18.2 Å². The molecule has 1 N–H and O–H groups in total. The number of nitrogens with one attached hydrogen (secondary N) is 1. The second kappa shape index (κ2) is 6.47. The van der Waals surface area contributed by atoms with Gasteiger partial charge in [0.05, 0.1) is 11.2 Å². The fourth-order valence-electron chi connectivity index (χ4n) is 3.12. The van der Waals surface area contributed by atoms with Gasteiger partial charge in [-0.05, 0) is 38.0 Å². The molecule has 3 aromatic rings. The Labute approximate surface area is 145 Å². The Morgan fingerprint density at radius 1 is 1.12 bits per heavy atom. The minimum Gasteiger partial charge on any atom is -0.341 e. The minimum absolute atomic E-state index is 0.246. The molecule has 1 aromatic carbocycles. The van der Waals surface area contributed by atoms with Gasteiger partial charge in [0.15, 0.2) is 0 Å². The van der Waals surface area contributed by atoms with E-state index in [0.29, 0.717) is 17.3 Å². The van der Waals surface area contributed by atoms with Crippen molar-refractivity contribution in [2.75, 3.05) is 23.3 Å². The molecule has 0 bridgehead atoms. The van der Waals surface area contributed by atoms with E-state index < -0.39 is 0 Å². The van der Waals surface area contributed by atoms with E-state index in [2.05, 4.69) is 25.2 Å². The highest BCUT2D eigenvalue weighted by Crippen LogP contribution is 2.22. The first-order valence-corrected chi connectivity index (χ1v) is 8.46. The number of carbonyl (C=O) groups is 1. The molecule has 0 atom stereocenters. The Bertz CT molecular complexity index is 929. The monoisotopic (exact) mass is 333 g/mol. The summed E-state index contributed by atoms with van der Waals surface area (Å²) in [6.07, 6.45) is 4.00. The summed E-state index contributed by atoms with van der Waals surface area (Å²) in [5.41, 5.74) is 2.62. The Kier molecular flexibility index (Phi) is 4.01. The van der Waals surface area contributed by atoms with Crippen molar-refractivity contribution in [1.82, 2.24) is 15.0 Å². The fraction of sp³-hybridized carbons (Fsp3) is 0.263. The van der Waals surface area contributed by atoms with Crippen LogP contribution in [0.15, 0.2) is 42.6 Å². The summed E-state index contributed by atoms with van der Waals surface area (Å²) in [6, 6.07) is 11.3. The first kappa shape index (κ1) is 15.5. The van der Waals surface area contributed by atoms with Crippen LogP contribution in [0, 0.1) is 6.92 Å². The second-order valence-electron chi connectivity index (χ2n) is 6.22. The lowest BCUT2D eigenvalue weighted by atomic mass is 10.2. The average Bonchev–Trinajstić information content (AvgIpc) is 3.16. The van der Waals surface area contributed by atoms with E-state index in [4.69, 9.17) is 0 Å². The van der Waals surface area contributed by atoms with Crippen molar-refractivity contribution in [3.05, 3.63) is 54.0 Å². The van der Waals surface area contributed by atoms with Crippen LogP contribution in [-0.2, 0) is 0 Å². The SMILES string of the molecule is Cc1cc(C(=O)Nc2cccc3cccnc23)nc(N2CCCC2)n1. The molecule has 0 radical (unpaired) electrons. The first-order valence-electron chi connectivity index (χ1n) is 8.46. The molecule has 2 aromatic heterocycles. The summed E-state index contributed by atoms with van der Waals surface area (Å²) >= 11 is 0. The second-order valence-corrected chi connectivity index (χ2v) is 6.22. The van der Waals surface area contributed by atoms with Crippen molar-refractivity contribution < 1.29 is 4.79 Å². The predicted octanol–water partition coefficient (Wildman–Crippen LogP) is 3.19. The third kappa shape index (κ3) is 3.15. The van der Waals surface area contributed by atoms with Crippen molar-refractivity contribution in [2.45, 2.75) is 19.8 Å². The number of para-hydroxylation sites is 1. The number of pyridine rings is 1. The van der Waals surface area contributed by atoms with E-state index >= 15 is 0 Å². The quantitative estimate of drug-likeness (QED) is 0.797. The maximum atomic E-state index is 12.7. The van der Waals surface area contributed by atoms with Crippen molar-refractivity contribution in [2.24, 2.45) is 0 Å². The highest BCUT2D eigenvalue weighted by molar-refractivity contribution is 6.07. The van der Waals surface area contributed by atoms with Gasteiger partial charge in [0.2, 0.25) is 5.95 Å². The predicted molar refractivity (Wildman–Crippen MR) is 97.9 cm³/mol. The maximum absolute atomic E-state index is 12.7. The van der Waals surface area contributed by atoms with E-state index in [0.717, 1.165) is 42.5 Å². The zero-order valence-corrected chi connectivity index (χ0v) is 14.1. The summed E-state index contributed by atoms with van der Waals surface area (Å²) in [4.78, 5) is 28.2. The molecule has 6 heteroatoms. The number of amides is 1. The number of anilines is 2. The van der Waals surface area contributed by atoms with Gasteiger partial charge in [0.1, 0.15) is 5.69 Å². The van der Waals surface area contributed by atoms with Gasteiger partial charge >= 0.3 is 0 Å². The topological polar surface area (TPSA) is 71.0 Å². The summed E-state index contributed by atoms with van der Waals surface area (Å²) in [7, 11) is 0. The molecular weight excluding hydrogens is 314 g/mol. The molecule has 1 aliphatic heterocycles. The molecule has 1 fully saturated rings. The van der Waals surface area contributed by atoms with Crippen LogP contribution in [0.2, 0.25) is 0 Å². The van der Waals surface area contributed by atoms with Crippen molar-refractivity contribution in [1.29, 1.82) is 0 Å². The molecule has 0 aliphatic carbocycles. The number of hydrogen-bond donors (Lipinski definition) is 1. The molecule has 0 saturated carbocycles. The lowest BCUT2D eigenvalue weighted by Crippen LogP contribution is -2.23. The van der Waals surface area contributed by atoms with E-state index in [-0.39, 0.29) is 5.91 Å². The largest absolute Gasteiger partial charge is 0.341 e. The van der Waals surface area contributed by atoms with E-state index in [1.54, 1.807) is 12.3 Å². The van der Waals surface area contributed by atoms with Crippen LogP contribution >= 0.6 is 0 Å². The molecular formula is C19H19N5O. The summed E-state index contributed by atoms with van der Waals surface area (Å²) in [5, 5.41) is 3.92. The van der Waals surface area contributed by atoms with Gasteiger partial charge in [0.25, 0.3) is 5.91 Å². The molecule has 0 unspecified atom stereocenters. The standard InChI is InChI=1S/C19H19N5O/c1-13-12-16(23-19(21-13)24-10-2-3-11-24)18(25)22-15-8-4-6-14-7-5-9-20-17(14)15/h4-9,12H,2-3,10-11H2,1H3,(H,22,25). The Hall–Kier alpha value is -3.02. The molecule has 0 spiro atoms. The summed E-state index contributed by atoms with van der Waals surface area (Å²) in [6.45, 7) is 3.77. The zero-order valence-electron chi connectivity index (χ0n) is 14.1. The van der Waals surface area contributed by atoms with Crippen molar-refractivity contribution >= 4 is 28.4 Å². The van der Waals surface area contributed by atoms with Gasteiger partial charge < -0.3 is 10.2 Å². The van der Waals surface area contributed by atoms with E-state index in [1.807, 2.05) is 37.3 Å². The lowest BCUT2D eigenvalue weighted by molar-refractivity contribution is 0.102. The van der Waals surface area contributed by atoms with Gasteiger partial charge in [-0.3, -0.25) is 9.78 Å². The van der Waals surface area contributed by atoms with Gasteiger partial charge in [-0.15, -0.1) is 0 Å². The summed E-state index contributed by atoms with van der Waals surface area (Å²) in [5.74, 6) is 0.391. The van der Waals surface area contributed by atoms with Crippen LogP contribution in [0.1, 0.15) is 29.0 Å². The number of nitrogens with zero attached hydrogens (tertiary/aromatic N) is 4. The number of aromatic nitrogens is 3. The Balaban J connectivity index is 1.64. The van der Waals surface area contributed by atoms with Crippen LogP contribution in [0.3, 0.4) is 0 Å². The van der Waals surface area contributed by atoms with Gasteiger partial charge in [-0.25, -0.2) is 9.97 Å². The minimum atomic E-state index is -0.246. The van der Waals surface area contributed by atoms with Crippen molar-refractivity contribution in [3.63, 3.8) is 0 Å². The van der Waals surface area contributed by atoms with Crippen molar-refractivity contribution in [3.8, 4) is 0 Å². The lowest BCUT2D eigenvalue weighted by Gasteiger charge is -2.16. The molecule has 4 rings (SSSR count). The van der Waals surface area contributed by atoms with Crippen LogP contribution in [0.25, 0.3) is 10.9 Å². The summed E-state index contributed by atoms with van der Waals surface area (Å²) < 4.78 is 0. The number of hydrogen-bond acceptors (Lipinski definition) is 5. The van der Waals surface area contributed by atoms with Crippen LogP contribution < -0.4 is 10.2 Å². The maximum Gasteiger partial charge on any atom is 0.274 e. The number of aryl methyl sites for hydroxylation is 1. The van der Waals surface area contributed by atoms with E-state index in [9.17, 15) is 4.79 Å². The van der Waals surface area contributed by atoms with Gasteiger partial charge in [0, 0.05) is 30.4 Å².